The Bertz CT molecular complexity index is 860. The van der Waals surface area contributed by atoms with Gasteiger partial charge in [-0.15, -0.1) is 0 Å². The molecular formula is C19H20N4O3. The van der Waals surface area contributed by atoms with Crippen molar-refractivity contribution in [2.45, 2.75) is 19.4 Å². The number of aryl methyl sites for hydroxylation is 1. The summed E-state index contributed by atoms with van der Waals surface area (Å²) in [5.74, 6) is -0.148. The van der Waals surface area contributed by atoms with Gasteiger partial charge in [-0.3, -0.25) is 4.79 Å². The van der Waals surface area contributed by atoms with Crippen molar-refractivity contribution in [3.05, 3.63) is 54.9 Å². The first kappa shape index (κ1) is 17.8. The molecule has 3 aromatic rings. The third kappa shape index (κ3) is 4.12. The smallest absolute Gasteiger partial charge is 0.305 e. The fourth-order valence-electron chi connectivity index (χ4n) is 2.68. The van der Waals surface area contributed by atoms with Gasteiger partial charge in [0.1, 0.15) is 5.82 Å². The van der Waals surface area contributed by atoms with Gasteiger partial charge in [0, 0.05) is 43.6 Å². The molecule has 0 radical (unpaired) electrons. The Balaban J connectivity index is 1.99. The average molecular weight is 352 g/mol. The lowest BCUT2D eigenvalue weighted by Crippen LogP contribution is -2.06. The van der Waals surface area contributed by atoms with Crippen LogP contribution in [0.25, 0.3) is 22.5 Å². The van der Waals surface area contributed by atoms with Gasteiger partial charge in [0.2, 0.25) is 0 Å². The molecule has 2 aromatic heterocycles. The molecule has 0 fully saturated rings. The number of carboxylic acid groups (broad SMARTS) is 1. The van der Waals surface area contributed by atoms with Gasteiger partial charge in [-0.25, -0.2) is 15.0 Å². The highest BCUT2D eigenvalue weighted by molar-refractivity contribution is 5.78. The van der Waals surface area contributed by atoms with Crippen molar-refractivity contribution in [3.63, 3.8) is 0 Å². The third-order valence-electron chi connectivity index (χ3n) is 3.96. The minimum atomic E-state index is -0.850. The van der Waals surface area contributed by atoms with E-state index in [0.717, 1.165) is 22.5 Å². The summed E-state index contributed by atoms with van der Waals surface area (Å²) in [6.07, 6.45) is 5.82. The van der Waals surface area contributed by atoms with E-state index >= 15 is 0 Å². The monoisotopic (exact) mass is 352 g/mol. The van der Waals surface area contributed by atoms with E-state index < -0.39 is 5.97 Å². The molecule has 3 rings (SSSR count). The SMILES string of the molecule is COCCc1ncc(-c2c(-c3ccccc3)ncn2CCC(=O)O)cn1. The summed E-state index contributed by atoms with van der Waals surface area (Å²) in [7, 11) is 1.64. The first-order chi connectivity index (χ1) is 12.7. The number of hydrogen-bond donors (Lipinski definition) is 1. The normalized spacial score (nSPS) is 10.8. The Hall–Kier alpha value is -3.06. The molecular weight excluding hydrogens is 332 g/mol. The molecule has 0 spiro atoms. The van der Waals surface area contributed by atoms with E-state index in [4.69, 9.17) is 9.84 Å². The predicted octanol–water partition coefficient (Wildman–Crippen LogP) is 2.67. The maximum Gasteiger partial charge on any atom is 0.305 e. The number of imidazole rings is 1. The lowest BCUT2D eigenvalue weighted by Gasteiger charge is -2.10. The molecule has 0 saturated carbocycles. The summed E-state index contributed by atoms with van der Waals surface area (Å²) in [5.41, 5.74) is 3.35. The molecule has 2 heterocycles. The van der Waals surface area contributed by atoms with Crippen molar-refractivity contribution >= 4 is 5.97 Å². The number of nitrogens with zero attached hydrogens (tertiary/aromatic N) is 4. The second kappa shape index (κ2) is 8.35. The summed E-state index contributed by atoms with van der Waals surface area (Å²) in [6, 6.07) is 9.78. The topological polar surface area (TPSA) is 90.1 Å². The van der Waals surface area contributed by atoms with E-state index in [-0.39, 0.29) is 6.42 Å². The van der Waals surface area contributed by atoms with E-state index in [1.807, 2.05) is 34.9 Å². The van der Waals surface area contributed by atoms with E-state index in [9.17, 15) is 4.79 Å². The Morgan fingerprint density at radius 2 is 1.85 bits per heavy atom. The largest absolute Gasteiger partial charge is 0.481 e. The van der Waals surface area contributed by atoms with Gasteiger partial charge in [0.15, 0.2) is 0 Å². The number of carbonyl (C=O) groups is 1. The Morgan fingerprint density at radius 1 is 1.12 bits per heavy atom. The molecule has 0 aliphatic carbocycles. The molecule has 0 aliphatic heterocycles. The fraction of sp³-hybridized carbons (Fsp3) is 0.263. The summed E-state index contributed by atoms with van der Waals surface area (Å²) < 4.78 is 6.89. The number of benzene rings is 1. The minimum Gasteiger partial charge on any atom is -0.481 e. The standard InChI is InChI=1S/C19H20N4O3/c1-26-10-8-16-20-11-15(12-21-16)19-18(14-5-3-2-4-6-14)22-13-23(19)9-7-17(24)25/h2-6,11-13H,7-10H2,1H3,(H,24,25). The van der Waals surface area contributed by atoms with Gasteiger partial charge in [0.25, 0.3) is 0 Å². The number of aliphatic carboxylic acids is 1. The first-order valence-electron chi connectivity index (χ1n) is 8.31. The molecule has 0 bridgehead atoms. The number of aromatic nitrogens is 4. The van der Waals surface area contributed by atoms with Gasteiger partial charge < -0.3 is 14.4 Å². The van der Waals surface area contributed by atoms with Gasteiger partial charge in [0.05, 0.1) is 30.7 Å². The van der Waals surface area contributed by atoms with Crippen LogP contribution in [-0.2, 0) is 22.5 Å². The van der Waals surface area contributed by atoms with Gasteiger partial charge in [-0.1, -0.05) is 30.3 Å². The van der Waals surface area contributed by atoms with Gasteiger partial charge >= 0.3 is 5.97 Å². The maximum atomic E-state index is 11.0. The molecule has 7 nitrogen and oxygen atoms in total. The quantitative estimate of drug-likeness (QED) is 0.670. The Labute approximate surface area is 151 Å². The molecule has 0 amide bonds. The fourth-order valence-corrected chi connectivity index (χ4v) is 2.68. The van der Waals surface area contributed by atoms with Gasteiger partial charge in [-0.2, -0.15) is 0 Å². The van der Waals surface area contributed by atoms with Crippen LogP contribution in [0.2, 0.25) is 0 Å². The molecule has 0 aliphatic rings. The number of ether oxygens (including phenoxy) is 1. The zero-order chi connectivity index (χ0) is 18.4. The first-order valence-corrected chi connectivity index (χ1v) is 8.31. The van der Waals surface area contributed by atoms with Crippen LogP contribution in [0.4, 0.5) is 0 Å². The Kier molecular flexibility index (Phi) is 5.70. The van der Waals surface area contributed by atoms with Crippen LogP contribution >= 0.6 is 0 Å². The van der Waals surface area contributed by atoms with Crippen LogP contribution in [0.1, 0.15) is 12.2 Å². The molecule has 1 N–H and O–H groups in total. The van der Waals surface area contributed by atoms with Crippen molar-refractivity contribution in [1.82, 2.24) is 19.5 Å². The maximum absolute atomic E-state index is 11.0. The molecule has 0 atom stereocenters. The van der Waals surface area contributed by atoms with Crippen molar-refractivity contribution in [2.24, 2.45) is 0 Å². The second-order valence-corrected chi connectivity index (χ2v) is 5.78. The third-order valence-corrected chi connectivity index (χ3v) is 3.96. The van der Waals surface area contributed by atoms with Crippen LogP contribution in [0.3, 0.4) is 0 Å². The van der Waals surface area contributed by atoms with Gasteiger partial charge in [-0.05, 0) is 0 Å². The number of carboxylic acids is 1. The Morgan fingerprint density at radius 3 is 2.50 bits per heavy atom. The highest BCUT2D eigenvalue weighted by Gasteiger charge is 2.16. The van der Waals surface area contributed by atoms with Crippen molar-refractivity contribution in [3.8, 4) is 22.5 Å². The van der Waals surface area contributed by atoms with E-state index in [1.165, 1.54) is 0 Å². The summed E-state index contributed by atoms with van der Waals surface area (Å²) in [5, 5.41) is 9.01. The minimum absolute atomic E-state index is 0.0182. The van der Waals surface area contributed by atoms with E-state index in [2.05, 4.69) is 15.0 Å². The van der Waals surface area contributed by atoms with E-state index in [1.54, 1.807) is 25.8 Å². The van der Waals surface area contributed by atoms with Crippen LogP contribution in [0, 0.1) is 0 Å². The second-order valence-electron chi connectivity index (χ2n) is 5.78. The molecule has 134 valence electrons. The van der Waals surface area contributed by atoms with Crippen LogP contribution in [-0.4, -0.2) is 44.3 Å². The predicted molar refractivity (Wildman–Crippen MR) is 96.5 cm³/mol. The zero-order valence-corrected chi connectivity index (χ0v) is 14.5. The number of hydrogen-bond acceptors (Lipinski definition) is 5. The van der Waals surface area contributed by atoms with Crippen molar-refractivity contribution in [2.75, 3.05) is 13.7 Å². The summed E-state index contributed by atoms with van der Waals surface area (Å²) in [6.45, 7) is 0.890. The number of methoxy groups -OCH3 is 1. The molecule has 7 heteroatoms. The lowest BCUT2D eigenvalue weighted by molar-refractivity contribution is -0.137. The zero-order valence-electron chi connectivity index (χ0n) is 14.5. The number of rotatable bonds is 8. The van der Waals surface area contributed by atoms with Crippen LogP contribution in [0.15, 0.2) is 49.1 Å². The van der Waals surface area contributed by atoms with Crippen LogP contribution in [0.5, 0.6) is 0 Å². The molecule has 1 aromatic carbocycles. The average Bonchev–Trinajstić information content (AvgIpc) is 3.10. The molecule has 0 saturated heterocycles. The summed E-state index contributed by atoms with van der Waals surface area (Å²) in [4.78, 5) is 24.3. The molecule has 0 unspecified atom stereocenters. The highest BCUT2D eigenvalue weighted by atomic mass is 16.5. The van der Waals surface area contributed by atoms with Crippen LogP contribution < -0.4 is 0 Å². The highest BCUT2D eigenvalue weighted by Crippen LogP contribution is 2.30. The lowest BCUT2D eigenvalue weighted by atomic mass is 10.1. The van der Waals surface area contributed by atoms with Crippen molar-refractivity contribution < 1.29 is 14.6 Å². The van der Waals surface area contributed by atoms with E-state index in [0.29, 0.717) is 25.4 Å². The molecule has 26 heavy (non-hydrogen) atoms. The summed E-state index contributed by atoms with van der Waals surface area (Å²) >= 11 is 0. The van der Waals surface area contributed by atoms with Crippen molar-refractivity contribution in [1.29, 1.82) is 0 Å².